The van der Waals surface area contributed by atoms with E-state index in [-0.39, 0.29) is 6.10 Å². The number of hydrogen-bond acceptors (Lipinski definition) is 4. The minimum absolute atomic E-state index is 0.195. The van der Waals surface area contributed by atoms with Gasteiger partial charge in [0.25, 0.3) is 0 Å². The minimum atomic E-state index is -0.195. The molecule has 0 spiro atoms. The molecule has 1 aliphatic heterocycles. The summed E-state index contributed by atoms with van der Waals surface area (Å²) in [6.45, 7) is 5.35. The van der Waals surface area contributed by atoms with Crippen molar-refractivity contribution in [2.75, 3.05) is 40.3 Å². The highest BCUT2D eigenvalue weighted by molar-refractivity contribution is 5.26. The molecule has 0 saturated carbocycles. The minimum Gasteiger partial charge on any atom is -0.492 e. The van der Waals surface area contributed by atoms with Crippen LogP contribution in [-0.4, -0.2) is 67.4 Å². The maximum absolute atomic E-state index is 9.83. The van der Waals surface area contributed by atoms with Gasteiger partial charge in [0.2, 0.25) is 0 Å². The monoisotopic (exact) mass is 278 g/mol. The van der Waals surface area contributed by atoms with Gasteiger partial charge in [0.1, 0.15) is 12.4 Å². The molecule has 2 atom stereocenters. The molecule has 1 aromatic rings. The predicted molar refractivity (Wildman–Crippen MR) is 81.2 cm³/mol. The van der Waals surface area contributed by atoms with Crippen molar-refractivity contribution in [3.05, 3.63) is 29.8 Å². The Morgan fingerprint density at radius 1 is 1.30 bits per heavy atom. The van der Waals surface area contributed by atoms with Gasteiger partial charge in [-0.3, -0.25) is 4.90 Å². The number of β-amino-alcohol motifs (C(OH)–C–C–N with tert-alkyl or cyclic N) is 1. The van der Waals surface area contributed by atoms with E-state index in [0.717, 1.165) is 31.8 Å². The van der Waals surface area contributed by atoms with Gasteiger partial charge in [0.15, 0.2) is 0 Å². The molecule has 1 heterocycles. The Hall–Kier alpha value is -1.10. The number of rotatable bonds is 6. The van der Waals surface area contributed by atoms with Crippen LogP contribution in [0.2, 0.25) is 0 Å². The summed E-state index contributed by atoms with van der Waals surface area (Å²) in [5.41, 5.74) is 1.24. The molecule has 0 bridgehead atoms. The number of benzene rings is 1. The van der Waals surface area contributed by atoms with E-state index >= 15 is 0 Å². The lowest BCUT2D eigenvalue weighted by atomic mass is 10.2. The van der Waals surface area contributed by atoms with Gasteiger partial charge in [-0.1, -0.05) is 17.7 Å². The first-order valence-electron chi connectivity index (χ1n) is 7.31. The van der Waals surface area contributed by atoms with Gasteiger partial charge in [-0.25, -0.2) is 0 Å². The molecule has 4 heteroatoms. The fourth-order valence-electron chi connectivity index (χ4n) is 2.76. The zero-order valence-corrected chi connectivity index (χ0v) is 12.7. The number of hydrogen-bond donors (Lipinski definition) is 1. The van der Waals surface area contributed by atoms with E-state index in [1.807, 2.05) is 12.1 Å². The van der Waals surface area contributed by atoms with E-state index in [2.05, 4.69) is 43.0 Å². The fraction of sp³-hybridized carbons (Fsp3) is 0.625. The van der Waals surface area contributed by atoms with Crippen LogP contribution in [0.15, 0.2) is 24.3 Å². The summed E-state index contributed by atoms with van der Waals surface area (Å²) in [6.07, 6.45) is 0.669. The molecule has 1 aromatic carbocycles. The van der Waals surface area contributed by atoms with Crippen LogP contribution in [0.4, 0.5) is 0 Å². The number of aliphatic hydroxyl groups excluding tert-OH is 1. The van der Waals surface area contributed by atoms with Crippen molar-refractivity contribution in [2.45, 2.75) is 25.5 Å². The number of nitrogens with zero attached hydrogens (tertiary/aromatic N) is 2. The van der Waals surface area contributed by atoms with Gasteiger partial charge in [-0.2, -0.15) is 0 Å². The van der Waals surface area contributed by atoms with Crippen molar-refractivity contribution in [1.82, 2.24) is 9.80 Å². The molecule has 0 aliphatic carbocycles. The lowest BCUT2D eigenvalue weighted by Crippen LogP contribution is -2.39. The summed E-state index contributed by atoms with van der Waals surface area (Å²) in [6, 6.07) is 8.56. The molecule has 1 aliphatic rings. The van der Waals surface area contributed by atoms with E-state index < -0.39 is 0 Å². The van der Waals surface area contributed by atoms with Crippen molar-refractivity contribution in [3.63, 3.8) is 0 Å². The Morgan fingerprint density at radius 3 is 2.65 bits per heavy atom. The van der Waals surface area contributed by atoms with E-state index in [0.29, 0.717) is 12.6 Å². The Balaban J connectivity index is 1.78. The molecular formula is C16H26N2O2. The molecule has 112 valence electrons. The van der Waals surface area contributed by atoms with Crippen molar-refractivity contribution in [3.8, 4) is 5.75 Å². The molecule has 4 nitrogen and oxygen atoms in total. The second-order valence-electron chi connectivity index (χ2n) is 5.96. The molecule has 0 radical (unpaired) electrons. The molecular weight excluding hydrogens is 252 g/mol. The maximum atomic E-state index is 9.83. The van der Waals surface area contributed by atoms with Gasteiger partial charge in [-0.15, -0.1) is 0 Å². The number of likely N-dealkylation sites (tertiary alicyclic amines) is 1. The summed E-state index contributed by atoms with van der Waals surface area (Å²) in [5, 5.41) is 9.83. The number of likely N-dealkylation sites (N-methyl/N-ethyl adjacent to an activating group) is 1. The third-order valence-electron chi connectivity index (χ3n) is 3.75. The van der Waals surface area contributed by atoms with Crippen molar-refractivity contribution in [2.24, 2.45) is 0 Å². The second-order valence-corrected chi connectivity index (χ2v) is 5.96. The Labute approximate surface area is 122 Å². The number of ether oxygens (including phenoxy) is 1. The summed E-state index contributed by atoms with van der Waals surface area (Å²) < 4.78 is 5.77. The van der Waals surface area contributed by atoms with Crippen LogP contribution >= 0.6 is 0 Å². The van der Waals surface area contributed by atoms with Crippen LogP contribution < -0.4 is 4.74 Å². The normalized spacial score (nSPS) is 23.4. The Kier molecular flexibility index (Phi) is 5.40. The van der Waals surface area contributed by atoms with Crippen LogP contribution in [0.1, 0.15) is 12.0 Å². The van der Waals surface area contributed by atoms with Gasteiger partial charge in [-0.05, 0) is 39.6 Å². The first-order chi connectivity index (χ1) is 9.54. The summed E-state index contributed by atoms with van der Waals surface area (Å²) in [4.78, 5) is 4.51. The topological polar surface area (TPSA) is 35.9 Å². The summed E-state index contributed by atoms with van der Waals surface area (Å²) in [7, 11) is 4.15. The highest BCUT2D eigenvalue weighted by Crippen LogP contribution is 2.18. The summed E-state index contributed by atoms with van der Waals surface area (Å²) in [5.74, 6) is 0.916. The van der Waals surface area contributed by atoms with Gasteiger partial charge in [0.05, 0.1) is 6.10 Å². The third-order valence-corrected chi connectivity index (χ3v) is 3.75. The average molecular weight is 278 g/mol. The molecule has 2 rings (SSSR count). The quantitative estimate of drug-likeness (QED) is 0.852. The zero-order chi connectivity index (χ0) is 14.5. The highest BCUT2D eigenvalue weighted by Gasteiger charge is 2.30. The van der Waals surface area contributed by atoms with E-state index in [9.17, 15) is 5.11 Å². The van der Waals surface area contributed by atoms with Crippen LogP contribution in [0, 0.1) is 6.92 Å². The zero-order valence-electron chi connectivity index (χ0n) is 12.7. The second kappa shape index (κ2) is 7.07. The van der Waals surface area contributed by atoms with Crippen LogP contribution in [0.5, 0.6) is 5.75 Å². The molecule has 1 N–H and O–H groups in total. The van der Waals surface area contributed by atoms with Crippen molar-refractivity contribution >= 4 is 0 Å². The lowest BCUT2D eigenvalue weighted by Gasteiger charge is -2.26. The standard InChI is InChI=1S/C16H26N2O2/c1-13-4-6-16(7-5-13)20-9-8-18-12-15(19)10-14(18)11-17(2)3/h4-7,14-15,19H,8-12H2,1-3H3. The van der Waals surface area contributed by atoms with E-state index in [1.54, 1.807) is 0 Å². The van der Waals surface area contributed by atoms with Crippen LogP contribution in [0.3, 0.4) is 0 Å². The number of aliphatic hydroxyl groups is 1. The molecule has 20 heavy (non-hydrogen) atoms. The largest absolute Gasteiger partial charge is 0.492 e. The van der Waals surface area contributed by atoms with Crippen molar-refractivity contribution in [1.29, 1.82) is 0 Å². The van der Waals surface area contributed by atoms with E-state index in [4.69, 9.17) is 4.74 Å². The Bertz CT molecular complexity index is 405. The molecule has 2 unspecified atom stereocenters. The van der Waals surface area contributed by atoms with Gasteiger partial charge >= 0.3 is 0 Å². The van der Waals surface area contributed by atoms with Gasteiger partial charge < -0.3 is 14.7 Å². The molecule has 1 saturated heterocycles. The average Bonchev–Trinajstić information content (AvgIpc) is 2.71. The summed E-state index contributed by atoms with van der Waals surface area (Å²) >= 11 is 0. The smallest absolute Gasteiger partial charge is 0.119 e. The van der Waals surface area contributed by atoms with Crippen LogP contribution in [-0.2, 0) is 0 Å². The van der Waals surface area contributed by atoms with Gasteiger partial charge in [0, 0.05) is 25.7 Å². The van der Waals surface area contributed by atoms with Crippen molar-refractivity contribution < 1.29 is 9.84 Å². The predicted octanol–water partition coefficient (Wildman–Crippen LogP) is 1.37. The first-order valence-corrected chi connectivity index (χ1v) is 7.31. The molecule has 0 aromatic heterocycles. The molecule has 1 fully saturated rings. The third kappa shape index (κ3) is 4.47. The highest BCUT2D eigenvalue weighted by atomic mass is 16.5. The fourth-order valence-corrected chi connectivity index (χ4v) is 2.76. The van der Waals surface area contributed by atoms with Crippen LogP contribution in [0.25, 0.3) is 0 Å². The lowest BCUT2D eigenvalue weighted by molar-refractivity contribution is 0.155. The first kappa shape index (κ1) is 15.3. The van der Waals surface area contributed by atoms with E-state index in [1.165, 1.54) is 5.56 Å². The molecule has 0 amide bonds. The SMILES string of the molecule is Cc1ccc(OCCN2CC(O)CC2CN(C)C)cc1. The number of aryl methyl sites for hydroxylation is 1. The maximum Gasteiger partial charge on any atom is 0.119 e. The Morgan fingerprint density at radius 2 is 2.00 bits per heavy atom.